The number of hydrogen-bond acceptors (Lipinski definition) is 2. The first-order valence-electron chi connectivity index (χ1n) is 11.1. The second-order valence-electron chi connectivity index (χ2n) is 8.08. The summed E-state index contributed by atoms with van der Waals surface area (Å²) in [6.07, 6.45) is 1.41. The molecular formula is C28H24FN3O. The van der Waals surface area contributed by atoms with Crippen LogP contribution < -0.4 is 5.32 Å². The smallest absolute Gasteiger partial charge is 0.254 e. The maximum Gasteiger partial charge on any atom is 0.254 e. The van der Waals surface area contributed by atoms with E-state index in [2.05, 4.69) is 58.4 Å². The first-order valence-corrected chi connectivity index (χ1v) is 11.1. The molecule has 4 nitrogen and oxygen atoms in total. The molecule has 0 bridgehead atoms. The summed E-state index contributed by atoms with van der Waals surface area (Å²) in [5.74, 6) is 0.0773. The van der Waals surface area contributed by atoms with Gasteiger partial charge in [-0.1, -0.05) is 66.7 Å². The number of nitrogens with one attached hydrogen (secondary N) is 1. The fraction of sp³-hybridized carbons (Fsp3) is 0.143. The highest BCUT2D eigenvalue weighted by Gasteiger charge is 2.13. The second kappa shape index (κ2) is 9.25. The van der Waals surface area contributed by atoms with Crippen LogP contribution >= 0.6 is 0 Å². The molecule has 1 aromatic heterocycles. The van der Waals surface area contributed by atoms with Crippen LogP contribution in [0.15, 0.2) is 91.0 Å². The van der Waals surface area contributed by atoms with E-state index >= 15 is 0 Å². The number of carbonyl (C=O) groups excluding carboxylic acids is 1. The van der Waals surface area contributed by atoms with Gasteiger partial charge in [0.1, 0.15) is 11.6 Å². The molecule has 0 saturated carbocycles. The molecule has 1 heterocycles. The van der Waals surface area contributed by atoms with Crippen LogP contribution in [0.25, 0.3) is 21.8 Å². The van der Waals surface area contributed by atoms with Gasteiger partial charge in [-0.3, -0.25) is 4.79 Å². The van der Waals surface area contributed by atoms with Gasteiger partial charge in [-0.15, -0.1) is 0 Å². The minimum atomic E-state index is -0.508. The number of fused-ring (bicyclic) bond motifs is 2. The maximum absolute atomic E-state index is 13.8. The van der Waals surface area contributed by atoms with Crippen molar-refractivity contribution in [1.29, 1.82) is 0 Å². The summed E-state index contributed by atoms with van der Waals surface area (Å²) < 4.78 is 16.1. The van der Waals surface area contributed by atoms with Gasteiger partial charge in [-0.05, 0) is 47.0 Å². The fourth-order valence-corrected chi connectivity index (χ4v) is 4.28. The van der Waals surface area contributed by atoms with Crippen LogP contribution in [0, 0.1) is 5.82 Å². The molecule has 0 aliphatic carbocycles. The van der Waals surface area contributed by atoms with Gasteiger partial charge < -0.3 is 9.88 Å². The quantitative estimate of drug-likeness (QED) is 0.330. The Morgan fingerprint density at radius 1 is 0.879 bits per heavy atom. The zero-order chi connectivity index (χ0) is 22.6. The Balaban J connectivity index is 1.35. The van der Waals surface area contributed by atoms with Crippen LogP contribution in [0.5, 0.6) is 0 Å². The van der Waals surface area contributed by atoms with Crippen LogP contribution in [-0.2, 0) is 13.0 Å². The van der Waals surface area contributed by atoms with E-state index in [0.717, 1.165) is 23.4 Å². The van der Waals surface area contributed by atoms with Gasteiger partial charge in [-0.2, -0.15) is 0 Å². The lowest BCUT2D eigenvalue weighted by Crippen LogP contribution is -2.25. The molecule has 0 saturated heterocycles. The van der Waals surface area contributed by atoms with Crippen molar-refractivity contribution in [1.82, 2.24) is 14.9 Å². The number of benzene rings is 4. The number of halogens is 1. The Labute approximate surface area is 191 Å². The number of imidazole rings is 1. The maximum atomic E-state index is 13.8. The Kier molecular flexibility index (Phi) is 5.85. The summed E-state index contributed by atoms with van der Waals surface area (Å²) in [7, 11) is 0. The van der Waals surface area contributed by atoms with Gasteiger partial charge in [0.2, 0.25) is 0 Å². The van der Waals surface area contributed by atoms with Crippen molar-refractivity contribution in [3.8, 4) is 0 Å². The van der Waals surface area contributed by atoms with Crippen molar-refractivity contribution in [2.75, 3.05) is 6.54 Å². The van der Waals surface area contributed by atoms with Gasteiger partial charge in [-0.25, -0.2) is 9.37 Å². The summed E-state index contributed by atoms with van der Waals surface area (Å²) in [5.41, 5.74) is 3.37. The topological polar surface area (TPSA) is 46.9 Å². The molecule has 0 unspecified atom stereocenters. The van der Waals surface area contributed by atoms with Gasteiger partial charge in [0.25, 0.3) is 5.91 Å². The van der Waals surface area contributed by atoms with E-state index in [1.54, 1.807) is 12.1 Å². The van der Waals surface area contributed by atoms with E-state index in [0.29, 0.717) is 19.4 Å². The number of nitrogens with zero attached hydrogens (tertiary/aromatic N) is 2. The van der Waals surface area contributed by atoms with Crippen molar-refractivity contribution >= 4 is 27.7 Å². The molecule has 33 heavy (non-hydrogen) atoms. The molecular weight excluding hydrogens is 413 g/mol. The third-order valence-corrected chi connectivity index (χ3v) is 5.92. The summed E-state index contributed by atoms with van der Waals surface area (Å²) in [6.45, 7) is 1.17. The number of hydrogen-bond donors (Lipinski definition) is 1. The third-order valence-electron chi connectivity index (χ3n) is 5.92. The molecule has 1 amide bonds. The molecule has 0 atom stereocenters. The number of carbonyl (C=O) groups is 1. The van der Waals surface area contributed by atoms with E-state index in [9.17, 15) is 9.18 Å². The molecule has 5 aromatic rings. The first-order chi connectivity index (χ1) is 16.2. The molecule has 5 rings (SSSR count). The summed E-state index contributed by atoms with van der Waals surface area (Å²) in [4.78, 5) is 17.1. The summed E-state index contributed by atoms with van der Waals surface area (Å²) in [5, 5.41) is 5.28. The average molecular weight is 438 g/mol. The molecule has 0 aliphatic rings. The lowest BCUT2D eigenvalue weighted by Gasteiger charge is -2.12. The fourth-order valence-electron chi connectivity index (χ4n) is 4.28. The van der Waals surface area contributed by atoms with E-state index < -0.39 is 11.7 Å². The minimum absolute atomic E-state index is 0.0701. The Morgan fingerprint density at radius 2 is 1.64 bits per heavy atom. The number of amides is 1. The van der Waals surface area contributed by atoms with Crippen molar-refractivity contribution in [3.63, 3.8) is 0 Å². The molecule has 5 heteroatoms. The highest BCUT2D eigenvalue weighted by atomic mass is 19.1. The average Bonchev–Trinajstić information content (AvgIpc) is 3.19. The minimum Gasteiger partial charge on any atom is -0.352 e. The van der Waals surface area contributed by atoms with Crippen molar-refractivity contribution < 1.29 is 9.18 Å². The standard InChI is InChI=1S/C28H24FN3O/c29-24-14-4-3-13-23(24)28(33)30-18-8-17-27-31-25-15-5-6-16-26(25)32(27)19-21-11-7-10-20-9-1-2-12-22(20)21/h1-7,9-16H,8,17-19H2,(H,30,33). The highest BCUT2D eigenvalue weighted by Crippen LogP contribution is 2.23. The Morgan fingerprint density at radius 3 is 2.55 bits per heavy atom. The predicted molar refractivity (Wildman–Crippen MR) is 130 cm³/mol. The van der Waals surface area contributed by atoms with Gasteiger partial charge in [0.05, 0.1) is 16.6 Å². The number of aromatic nitrogens is 2. The number of para-hydroxylation sites is 2. The van der Waals surface area contributed by atoms with Crippen molar-refractivity contribution in [2.45, 2.75) is 19.4 Å². The van der Waals surface area contributed by atoms with Crippen LogP contribution in [-0.4, -0.2) is 22.0 Å². The second-order valence-corrected chi connectivity index (χ2v) is 8.08. The van der Waals surface area contributed by atoms with Crippen LogP contribution in [0.3, 0.4) is 0 Å². The van der Waals surface area contributed by atoms with Gasteiger partial charge in [0, 0.05) is 19.5 Å². The van der Waals surface area contributed by atoms with Crippen LogP contribution in [0.1, 0.15) is 28.2 Å². The normalized spacial score (nSPS) is 11.2. The van der Waals surface area contributed by atoms with E-state index in [1.807, 2.05) is 18.2 Å². The van der Waals surface area contributed by atoms with E-state index in [-0.39, 0.29) is 5.56 Å². The van der Waals surface area contributed by atoms with E-state index in [4.69, 9.17) is 4.98 Å². The predicted octanol–water partition coefficient (Wildman–Crippen LogP) is 5.74. The van der Waals surface area contributed by atoms with Gasteiger partial charge in [0.15, 0.2) is 0 Å². The van der Waals surface area contributed by atoms with Gasteiger partial charge >= 0.3 is 0 Å². The lowest BCUT2D eigenvalue weighted by molar-refractivity contribution is 0.0949. The molecule has 0 aliphatic heterocycles. The SMILES string of the molecule is O=C(NCCCc1nc2ccccc2n1Cc1cccc2ccccc12)c1ccccc1F. The Bertz CT molecular complexity index is 1430. The van der Waals surface area contributed by atoms with E-state index in [1.165, 1.54) is 28.5 Å². The molecule has 0 fully saturated rings. The summed E-state index contributed by atoms with van der Waals surface area (Å²) >= 11 is 0. The molecule has 0 radical (unpaired) electrons. The molecule has 1 N–H and O–H groups in total. The van der Waals surface area contributed by atoms with Crippen LogP contribution in [0.4, 0.5) is 4.39 Å². The number of aryl methyl sites for hydroxylation is 1. The van der Waals surface area contributed by atoms with Crippen molar-refractivity contribution in [3.05, 3.63) is 114 Å². The Hall–Kier alpha value is -3.99. The van der Waals surface area contributed by atoms with Crippen LogP contribution in [0.2, 0.25) is 0 Å². The van der Waals surface area contributed by atoms with Crippen molar-refractivity contribution in [2.24, 2.45) is 0 Å². The zero-order valence-corrected chi connectivity index (χ0v) is 18.2. The molecule has 4 aromatic carbocycles. The molecule has 164 valence electrons. The largest absolute Gasteiger partial charge is 0.352 e. The summed E-state index contributed by atoms with van der Waals surface area (Å²) in [6, 6.07) is 29.0. The first kappa shape index (κ1) is 20.9. The monoisotopic (exact) mass is 437 g/mol. The third kappa shape index (κ3) is 4.35. The lowest BCUT2D eigenvalue weighted by atomic mass is 10.0. The molecule has 0 spiro atoms. The number of rotatable bonds is 7. The zero-order valence-electron chi connectivity index (χ0n) is 18.2. The highest BCUT2D eigenvalue weighted by molar-refractivity contribution is 5.94.